The van der Waals surface area contributed by atoms with E-state index in [9.17, 15) is 9.59 Å². The van der Waals surface area contributed by atoms with Gasteiger partial charge in [-0.1, -0.05) is 11.9 Å². The van der Waals surface area contributed by atoms with Crippen LogP contribution < -0.4 is 10.9 Å². The summed E-state index contributed by atoms with van der Waals surface area (Å²) in [4.78, 5) is 20.5. The first-order valence-electron chi connectivity index (χ1n) is 2.94. The number of carboxylic acids is 1. The maximum absolute atomic E-state index is 10.3. The maximum atomic E-state index is 10.3. The zero-order valence-corrected chi connectivity index (χ0v) is 6.63. The number of hydrogen-bond acceptors (Lipinski definition) is 4. The number of rotatable bonds is 5. The largest absolute Gasteiger partial charge is 0.480 e. The van der Waals surface area contributed by atoms with E-state index in [0.717, 1.165) is 0 Å². The molecule has 0 aromatic carbocycles. The Morgan fingerprint density at radius 1 is 1.55 bits per heavy atom. The van der Waals surface area contributed by atoms with Crippen LogP contribution in [0, 0.1) is 0 Å². The Labute approximate surface area is 68.3 Å². The molecular formula is C5H10N2O3S. The van der Waals surface area contributed by atoms with Gasteiger partial charge in [0.2, 0.25) is 5.91 Å². The molecule has 0 fully saturated rings. The summed E-state index contributed by atoms with van der Waals surface area (Å²) in [7, 11) is 0. The molecule has 0 aliphatic carbocycles. The van der Waals surface area contributed by atoms with Crippen LogP contribution in [0.3, 0.4) is 0 Å². The summed E-state index contributed by atoms with van der Waals surface area (Å²) < 4.78 is 0. The van der Waals surface area contributed by atoms with Crippen molar-refractivity contribution >= 4 is 23.8 Å². The second-order valence-electron chi connectivity index (χ2n) is 1.97. The Morgan fingerprint density at radius 2 is 2.09 bits per heavy atom. The number of carbonyl (C=O) groups is 2. The lowest BCUT2D eigenvalue weighted by Gasteiger charge is -2.05. The molecule has 5 N–H and O–H groups in total. The minimum Gasteiger partial charge on any atom is -0.480 e. The van der Waals surface area contributed by atoms with E-state index in [0.29, 0.717) is 11.9 Å². The van der Waals surface area contributed by atoms with E-state index in [1.807, 2.05) is 0 Å². The van der Waals surface area contributed by atoms with Gasteiger partial charge in [0.15, 0.2) is 0 Å². The van der Waals surface area contributed by atoms with E-state index in [1.165, 1.54) is 0 Å². The van der Waals surface area contributed by atoms with E-state index in [2.05, 4.69) is 0 Å². The molecule has 11 heavy (non-hydrogen) atoms. The van der Waals surface area contributed by atoms with Crippen LogP contribution in [0.25, 0.3) is 0 Å². The van der Waals surface area contributed by atoms with E-state index < -0.39 is 17.1 Å². The highest BCUT2D eigenvalue weighted by atomic mass is 32.2. The lowest BCUT2D eigenvalue weighted by Crippen LogP contribution is -2.21. The monoisotopic (exact) mass is 178 g/mol. The molecule has 1 unspecified atom stereocenters. The number of aliphatic carboxylic acids is 1. The molecule has 0 aromatic rings. The average molecular weight is 178 g/mol. The first-order chi connectivity index (χ1) is 5.07. The maximum Gasteiger partial charge on any atom is 0.317 e. The van der Waals surface area contributed by atoms with Crippen LogP contribution in [-0.4, -0.2) is 22.2 Å². The molecule has 0 bridgehead atoms. The van der Waals surface area contributed by atoms with Crippen LogP contribution in [0.15, 0.2) is 0 Å². The van der Waals surface area contributed by atoms with Gasteiger partial charge in [-0.3, -0.25) is 14.7 Å². The van der Waals surface area contributed by atoms with Gasteiger partial charge >= 0.3 is 5.97 Å². The van der Waals surface area contributed by atoms with Crippen molar-refractivity contribution in [2.75, 3.05) is 0 Å². The van der Waals surface area contributed by atoms with Gasteiger partial charge in [0, 0.05) is 6.42 Å². The number of nitrogens with two attached hydrogens (primary N) is 2. The molecule has 0 aliphatic rings. The van der Waals surface area contributed by atoms with Crippen molar-refractivity contribution < 1.29 is 14.7 Å². The predicted octanol–water partition coefficient (Wildman–Crippen LogP) is -0.688. The Hall–Kier alpha value is -0.750. The average Bonchev–Trinajstić information content (AvgIpc) is 1.87. The lowest BCUT2D eigenvalue weighted by molar-refractivity contribution is -0.136. The van der Waals surface area contributed by atoms with Gasteiger partial charge in [-0.25, -0.2) is 0 Å². The van der Waals surface area contributed by atoms with Crippen LogP contribution >= 0.6 is 11.9 Å². The van der Waals surface area contributed by atoms with Gasteiger partial charge < -0.3 is 10.8 Å². The Kier molecular flexibility index (Phi) is 4.64. The Bertz CT molecular complexity index is 162. The van der Waals surface area contributed by atoms with Crippen LogP contribution in [0.4, 0.5) is 0 Å². The summed E-state index contributed by atoms with van der Waals surface area (Å²) in [6.45, 7) is 0. The fourth-order valence-corrected chi connectivity index (χ4v) is 0.893. The smallest absolute Gasteiger partial charge is 0.317 e. The minimum absolute atomic E-state index is 0.0567. The fraction of sp³-hybridized carbons (Fsp3) is 0.600. The zero-order valence-electron chi connectivity index (χ0n) is 5.82. The van der Waals surface area contributed by atoms with Crippen molar-refractivity contribution in [2.24, 2.45) is 10.9 Å². The number of carbonyl (C=O) groups excluding carboxylic acids is 1. The number of primary amides is 1. The number of carboxylic acid groups (broad SMARTS) is 1. The number of amides is 1. The second-order valence-corrected chi connectivity index (χ2v) is 2.81. The predicted molar refractivity (Wildman–Crippen MR) is 41.6 cm³/mol. The lowest BCUT2D eigenvalue weighted by atomic mass is 10.2. The van der Waals surface area contributed by atoms with Crippen molar-refractivity contribution in [3.63, 3.8) is 0 Å². The van der Waals surface area contributed by atoms with Gasteiger partial charge in [-0.2, -0.15) is 0 Å². The quantitative estimate of drug-likeness (QED) is 0.483. The molecule has 0 radical (unpaired) electrons. The normalized spacial score (nSPS) is 12.5. The molecule has 1 amide bonds. The second kappa shape index (κ2) is 4.97. The van der Waals surface area contributed by atoms with Crippen molar-refractivity contribution in [2.45, 2.75) is 18.1 Å². The summed E-state index contributed by atoms with van der Waals surface area (Å²) in [6, 6.07) is 0. The molecule has 0 heterocycles. The van der Waals surface area contributed by atoms with Crippen LogP contribution in [0.5, 0.6) is 0 Å². The van der Waals surface area contributed by atoms with Crippen molar-refractivity contribution in [1.82, 2.24) is 0 Å². The van der Waals surface area contributed by atoms with Crippen LogP contribution in [0.1, 0.15) is 12.8 Å². The highest BCUT2D eigenvalue weighted by Gasteiger charge is 2.16. The molecule has 0 saturated heterocycles. The van der Waals surface area contributed by atoms with Gasteiger partial charge in [0.05, 0.1) is 0 Å². The first kappa shape index (κ1) is 10.2. The zero-order chi connectivity index (χ0) is 8.85. The summed E-state index contributed by atoms with van der Waals surface area (Å²) >= 11 is 0.713. The summed E-state index contributed by atoms with van der Waals surface area (Å²) in [5, 5.41) is 12.7. The molecule has 1 atom stereocenters. The molecule has 0 spiro atoms. The summed E-state index contributed by atoms with van der Waals surface area (Å²) in [5.74, 6) is -1.52. The third kappa shape index (κ3) is 4.63. The van der Waals surface area contributed by atoms with E-state index in [-0.39, 0.29) is 12.8 Å². The Balaban J connectivity index is 3.70. The third-order valence-electron chi connectivity index (χ3n) is 1.09. The standard InChI is InChI=1S/C5H10N2O3S/c6-4(8)2-1-3(11-7)5(9)10/h3H,1-2,7H2,(H2,6,8)(H,9,10). The Morgan fingerprint density at radius 3 is 2.36 bits per heavy atom. The molecule has 64 valence electrons. The van der Waals surface area contributed by atoms with Gasteiger partial charge in [-0.15, -0.1) is 0 Å². The number of hydrogen-bond donors (Lipinski definition) is 3. The SMILES string of the molecule is NSC(CCC(N)=O)C(=O)O. The fourth-order valence-electron chi connectivity index (χ4n) is 0.523. The van der Waals surface area contributed by atoms with Crippen LogP contribution in [0.2, 0.25) is 0 Å². The van der Waals surface area contributed by atoms with E-state index in [4.69, 9.17) is 16.0 Å². The summed E-state index contributed by atoms with van der Waals surface area (Å²) in [6.07, 6.45) is 0.243. The van der Waals surface area contributed by atoms with Gasteiger partial charge in [-0.05, 0) is 6.42 Å². The van der Waals surface area contributed by atoms with Gasteiger partial charge in [0.1, 0.15) is 5.25 Å². The van der Waals surface area contributed by atoms with E-state index >= 15 is 0 Å². The molecule has 0 aliphatic heterocycles. The highest BCUT2D eigenvalue weighted by Crippen LogP contribution is 2.09. The van der Waals surface area contributed by atoms with Gasteiger partial charge in [0.25, 0.3) is 0 Å². The van der Waals surface area contributed by atoms with E-state index in [1.54, 1.807) is 0 Å². The third-order valence-corrected chi connectivity index (χ3v) is 1.86. The molecule has 0 aromatic heterocycles. The molecule has 6 heteroatoms. The van der Waals surface area contributed by atoms with Crippen molar-refractivity contribution in [3.8, 4) is 0 Å². The molecule has 0 saturated carbocycles. The van der Waals surface area contributed by atoms with Crippen LogP contribution in [-0.2, 0) is 9.59 Å². The first-order valence-corrected chi connectivity index (χ1v) is 3.89. The molecule has 5 nitrogen and oxygen atoms in total. The molecule has 0 rings (SSSR count). The molecular weight excluding hydrogens is 168 g/mol. The van der Waals surface area contributed by atoms with Crippen molar-refractivity contribution in [3.05, 3.63) is 0 Å². The summed E-state index contributed by atoms with van der Waals surface area (Å²) in [5.41, 5.74) is 4.81. The highest BCUT2D eigenvalue weighted by molar-refractivity contribution is 7.98. The minimum atomic E-state index is -1.02. The topological polar surface area (TPSA) is 106 Å². The van der Waals surface area contributed by atoms with Crippen molar-refractivity contribution in [1.29, 1.82) is 0 Å².